The van der Waals surface area contributed by atoms with E-state index in [1.54, 1.807) is 20.8 Å². The Hall–Kier alpha value is -4.42. The second kappa shape index (κ2) is 14.8. The van der Waals surface area contributed by atoms with Gasteiger partial charge in [0.1, 0.15) is 9.92 Å². The van der Waals surface area contributed by atoms with Gasteiger partial charge in [0.05, 0.1) is 21.6 Å². The zero-order valence-corrected chi connectivity index (χ0v) is 28.7. The van der Waals surface area contributed by atoms with Crippen LogP contribution in [0.4, 0.5) is 36.8 Å². The Bertz CT molecular complexity index is 1850. The van der Waals surface area contributed by atoms with E-state index in [1.807, 2.05) is 0 Å². The molecule has 1 fully saturated rings. The van der Waals surface area contributed by atoms with E-state index in [0.717, 1.165) is 23.1 Å². The number of thiocarbonyl (C=S) groups is 1. The molecular weight excluding hydrogens is 733 g/mol. The van der Waals surface area contributed by atoms with E-state index >= 15 is 0 Å². The lowest BCUT2D eigenvalue weighted by molar-refractivity contribution is -0.143. The number of thiophene rings is 1. The fourth-order valence-corrected chi connectivity index (χ4v) is 6.65. The van der Waals surface area contributed by atoms with Crippen LogP contribution < -0.4 is 10.6 Å². The molecule has 50 heavy (non-hydrogen) atoms. The number of anilines is 1. The summed E-state index contributed by atoms with van der Waals surface area (Å²) >= 11 is 7.21. The van der Waals surface area contributed by atoms with E-state index in [1.165, 1.54) is 40.6 Å². The van der Waals surface area contributed by atoms with Gasteiger partial charge in [0, 0.05) is 30.1 Å². The number of benzene rings is 2. The number of amides is 3. The summed E-state index contributed by atoms with van der Waals surface area (Å²) in [6.07, 6.45) is -9.61. The smallest absolute Gasteiger partial charge is 0.416 e. The van der Waals surface area contributed by atoms with Crippen LogP contribution in [0.3, 0.4) is 0 Å². The predicted molar refractivity (Wildman–Crippen MR) is 179 cm³/mol. The van der Waals surface area contributed by atoms with Gasteiger partial charge in [-0.15, -0.1) is 11.3 Å². The van der Waals surface area contributed by atoms with Crippen LogP contribution >= 0.6 is 35.3 Å². The molecule has 18 heteroatoms. The molecule has 3 N–H and O–H groups in total. The zero-order valence-electron chi connectivity index (χ0n) is 26.2. The molecule has 2 aromatic carbocycles. The number of carboxylic acid groups (broad SMARTS) is 1. The average Bonchev–Trinajstić information content (AvgIpc) is 3.56. The minimum Gasteiger partial charge on any atom is -0.478 e. The summed E-state index contributed by atoms with van der Waals surface area (Å²) in [4.78, 5) is 51.3. The highest BCUT2D eigenvalue weighted by Gasteiger charge is 2.37. The van der Waals surface area contributed by atoms with E-state index in [0.29, 0.717) is 17.0 Å². The number of hydrogen-bond acceptors (Lipinski definition) is 8. The van der Waals surface area contributed by atoms with Crippen LogP contribution in [0.15, 0.2) is 52.7 Å². The first-order valence-corrected chi connectivity index (χ1v) is 16.5. The number of carboxylic acids is 1. The average molecular weight is 760 g/mol. The lowest BCUT2D eigenvalue weighted by Crippen LogP contribution is -2.33. The zero-order chi connectivity index (χ0) is 37.2. The number of aromatic carboxylic acids is 1. The molecular formula is C32H27F6N3O6S3. The first kappa shape index (κ1) is 38.4. The highest BCUT2D eigenvalue weighted by Crippen LogP contribution is 2.40. The molecule has 1 aliphatic heterocycles. The third-order valence-corrected chi connectivity index (χ3v) is 8.96. The van der Waals surface area contributed by atoms with Crippen molar-refractivity contribution in [1.29, 1.82) is 0 Å². The summed E-state index contributed by atoms with van der Waals surface area (Å²) in [5, 5.41) is 15.9. The van der Waals surface area contributed by atoms with Crippen LogP contribution in [0.1, 0.15) is 59.1 Å². The number of carbonyl (C=O) groups is 4. The van der Waals surface area contributed by atoms with Gasteiger partial charge in [-0.25, -0.2) is 9.59 Å². The Morgan fingerprint density at radius 1 is 0.960 bits per heavy atom. The van der Waals surface area contributed by atoms with Crippen molar-refractivity contribution in [2.24, 2.45) is 0 Å². The largest absolute Gasteiger partial charge is 0.478 e. The summed E-state index contributed by atoms with van der Waals surface area (Å²) in [5.74, 6) is -2.35. The van der Waals surface area contributed by atoms with Crippen LogP contribution in [0.25, 0.3) is 17.2 Å². The Labute approximate surface area is 294 Å². The number of nitrogens with one attached hydrogen (secondary N) is 2. The van der Waals surface area contributed by atoms with Gasteiger partial charge in [0.25, 0.3) is 5.91 Å². The summed E-state index contributed by atoms with van der Waals surface area (Å²) in [6, 6.07) is 6.53. The fourth-order valence-electron chi connectivity index (χ4n) is 4.43. The molecule has 266 valence electrons. The Kier molecular flexibility index (Phi) is 11.4. The molecule has 0 aliphatic carbocycles. The molecule has 3 amide bonds. The van der Waals surface area contributed by atoms with E-state index in [4.69, 9.17) is 17.0 Å². The fraction of sp³-hybridized carbons (Fsp3) is 0.281. The molecule has 1 saturated heterocycles. The molecule has 1 aliphatic rings. The van der Waals surface area contributed by atoms with Crippen molar-refractivity contribution in [3.05, 3.63) is 79.9 Å². The summed E-state index contributed by atoms with van der Waals surface area (Å²) in [5.41, 5.74) is -3.52. The van der Waals surface area contributed by atoms with Crippen molar-refractivity contribution in [3.63, 3.8) is 0 Å². The Morgan fingerprint density at radius 3 is 2.18 bits per heavy atom. The maximum Gasteiger partial charge on any atom is 0.416 e. The van der Waals surface area contributed by atoms with E-state index in [-0.39, 0.29) is 62.7 Å². The molecule has 0 atom stereocenters. The van der Waals surface area contributed by atoms with Crippen molar-refractivity contribution in [2.45, 2.75) is 51.7 Å². The van der Waals surface area contributed by atoms with Gasteiger partial charge >= 0.3 is 24.4 Å². The van der Waals surface area contributed by atoms with E-state index in [2.05, 4.69) is 10.6 Å². The van der Waals surface area contributed by atoms with Crippen molar-refractivity contribution in [1.82, 2.24) is 10.2 Å². The first-order valence-electron chi connectivity index (χ1n) is 14.4. The number of thioether (sulfide) groups is 1. The normalized spacial score (nSPS) is 14.7. The lowest BCUT2D eigenvalue weighted by atomic mass is 10.0. The SMILES string of the molecule is CC(C)(C)OC(=O)NCc1cc(C(=O)O)ccc1NC(=O)CCN1C(=O)/C(=C/c2cc(-c3cc(C(F)(F)F)cc(C(F)(F)F)c3)cs2)SC1=S. The molecule has 4 rings (SSSR count). The van der Waals surface area contributed by atoms with Gasteiger partial charge in [-0.05, 0) is 91.4 Å². The van der Waals surface area contributed by atoms with Crippen molar-refractivity contribution in [3.8, 4) is 11.1 Å². The second-order valence-electron chi connectivity index (χ2n) is 11.7. The van der Waals surface area contributed by atoms with Crippen molar-refractivity contribution >= 4 is 75.3 Å². The number of hydrogen-bond donors (Lipinski definition) is 3. The Balaban J connectivity index is 1.44. The molecule has 0 spiro atoms. The van der Waals surface area contributed by atoms with Gasteiger partial charge in [-0.3, -0.25) is 14.5 Å². The summed E-state index contributed by atoms with van der Waals surface area (Å²) < 4.78 is 85.3. The second-order valence-corrected chi connectivity index (χ2v) is 14.3. The van der Waals surface area contributed by atoms with E-state index < -0.39 is 53.0 Å². The van der Waals surface area contributed by atoms with E-state index in [9.17, 15) is 50.6 Å². The molecule has 9 nitrogen and oxygen atoms in total. The predicted octanol–water partition coefficient (Wildman–Crippen LogP) is 8.41. The number of alkyl carbamates (subject to hydrolysis) is 1. The summed E-state index contributed by atoms with van der Waals surface area (Å²) in [7, 11) is 0. The molecule has 0 saturated carbocycles. The number of ether oxygens (including phenoxy) is 1. The lowest BCUT2D eigenvalue weighted by Gasteiger charge is -2.20. The molecule has 1 aromatic heterocycles. The van der Waals surface area contributed by atoms with Crippen LogP contribution in [0.5, 0.6) is 0 Å². The van der Waals surface area contributed by atoms with Gasteiger partial charge in [0.15, 0.2) is 0 Å². The number of carbonyl (C=O) groups excluding carboxylic acids is 3. The maximum absolute atomic E-state index is 13.3. The highest BCUT2D eigenvalue weighted by atomic mass is 32.2. The van der Waals surface area contributed by atoms with Gasteiger partial charge in [-0.1, -0.05) is 24.0 Å². The first-order chi connectivity index (χ1) is 23.1. The minimum absolute atomic E-state index is 0.0420. The summed E-state index contributed by atoms with van der Waals surface area (Å²) in [6.45, 7) is 4.68. The molecule has 0 unspecified atom stereocenters. The van der Waals surface area contributed by atoms with Crippen LogP contribution in [0.2, 0.25) is 0 Å². The monoisotopic (exact) mass is 759 g/mol. The Morgan fingerprint density at radius 2 is 1.60 bits per heavy atom. The standard InChI is InChI=1S/C32H27F6N3O6S3/c1-30(2,3)47-28(46)39-14-18-8-16(27(44)45)4-5-23(18)40-25(42)6-7-41-26(43)24(50-29(41)48)13-22-11-19(15-49-22)17-9-20(31(33,34)35)12-21(10-17)32(36,37)38/h4-5,8-13,15H,6-7,14H2,1-3H3,(H,39,46)(H,40,42)(H,44,45)/b24-13-. The molecule has 0 radical (unpaired) electrons. The quantitative estimate of drug-likeness (QED) is 0.113. The number of nitrogens with zero attached hydrogens (tertiary/aromatic N) is 1. The van der Waals surface area contributed by atoms with Gasteiger partial charge in [-0.2, -0.15) is 26.3 Å². The highest BCUT2D eigenvalue weighted by molar-refractivity contribution is 8.26. The third kappa shape index (κ3) is 10.1. The number of rotatable bonds is 9. The van der Waals surface area contributed by atoms with Crippen molar-refractivity contribution < 1.29 is 55.4 Å². The maximum atomic E-state index is 13.3. The van der Waals surface area contributed by atoms with Gasteiger partial charge in [0.2, 0.25) is 5.91 Å². The van der Waals surface area contributed by atoms with Gasteiger partial charge < -0.3 is 20.5 Å². The van der Waals surface area contributed by atoms with Crippen LogP contribution in [-0.4, -0.2) is 50.3 Å². The molecule has 3 aromatic rings. The topological polar surface area (TPSA) is 125 Å². The van der Waals surface area contributed by atoms with Crippen LogP contribution in [0, 0.1) is 0 Å². The molecule has 0 bridgehead atoms. The number of halogens is 6. The minimum atomic E-state index is -5.01. The number of alkyl halides is 6. The molecule has 2 heterocycles. The van der Waals surface area contributed by atoms with Crippen molar-refractivity contribution in [2.75, 3.05) is 11.9 Å². The van der Waals surface area contributed by atoms with Crippen LogP contribution in [-0.2, 0) is 33.2 Å². The third-order valence-electron chi connectivity index (χ3n) is 6.70.